The second-order valence-corrected chi connectivity index (χ2v) is 6.83. The van der Waals surface area contributed by atoms with Crippen LogP contribution >= 0.6 is 0 Å². The minimum Gasteiger partial charge on any atom is -0.469 e. The van der Waals surface area contributed by atoms with Crippen molar-refractivity contribution >= 4 is 34.9 Å². The first-order chi connectivity index (χ1) is 15.0. The highest BCUT2D eigenvalue weighted by atomic mass is 16.6. The summed E-state index contributed by atoms with van der Waals surface area (Å²) >= 11 is 0. The van der Waals surface area contributed by atoms with E-state index in [2.05, 4.69) is 15.3 Å². The molecule has 0 saturated carbocycles. The van der Waals surface area contributed by atoms with E-state index < -0.39 is 10.9 Å². The van der Waals surface area contributed by atoms with E-state index in [9.17, 15) is 19.7 Å². The minimum absolute atomic E-state index is 0.0400. The first-order valence-corrected chi connectivity index (χ1v) is 9.81. The van der Waals surface area contributed by atoms with Crippen LogP contribution in [0.2, 0.25) is 0 Å². The molecule has 0 radical (unpaired) electrons. The van der Waals surface area contributed by atoms with Gasteiger partial charge in [0.25, 0.3) is 0 Å². The highest BCUT2D eigenvalue weighted by Crippen LogP contribution is 2.36. The molecule has 1 aliphatic heterocycles. The lowest BCUT2D eigenvalue weighted by Gasteiger charge is -2.31. The van der Waals surface area contributed by atoms with Gasteiger partial charge in [-0.1, -0.05) is 12.1 Å². The Morgan fingerprint density at radius 2 is 1.97 bits per heavy atom. The van der Waals surface area contributed by atoms with Crippen LogP contribution in [0.15, 0.2) is 30.6 Å². The highest BCUT2D eigenvalue weighted by molar-refractivity contribution is 5.97. The van der Waals surface area contributed by atoms with Gasteiger partial charge < -0.3 is 19.7 Å². The zero-order valence-corrected chi connectivity index (χ0v) is 17.2. The number of nitro groups is 1. The fourth-order valence-electron chi connectivity index (χ4n) is 3.46. The molecule has 1 aliphatic rings. The standard InChI is InChI=1S/C20H23N5O6/c1-3-31-20(27)14-6-4-5-7-15(14)23-17-16(25(28)29)18(22-12-21-17)24-10-8-13(9-11-24)19(26)30-2/h4-7,12-13H,3,8-11H2,1-2H3,(H,21,22,23). The second kappa shape index (κ2) is 9.83. The van der Waals surface area contributed by atoms with Gasteiger partial charge in [-0.2, -0.15) is 0 Å². The zero-order valence-electron chi connectivity index (χ0n) is 17.2. The molecule has 2 aromatic rings. The summed E-state index contributed by atoms with van der Waals surface area (Å²) in [7, 11) is 1.34. The molecule has 0 bridgehead atoms. The Morgan fingerprint density at radius 1 is 1.26 bits per heavy atom. The maximum Gasteiger partial charge on any atom is 0.353 e. The maximum atomic E-state index is 12.2. The quantitative estimate of drug-likeness (QED) is 0.397. The number of methoxy groups -OCH3 is 1. The third-order valence-corrected chi connectivity index (χ3v) is 4.99. The number of esters is 2. The van der Waals surface area contributed by atoms with Gasteiger partial charge in [-0.05, 0) is 31.9 Å². The molecule has 1 saturated heterocycles. The first kappa shape index (κ1) is 21.9. The van der Waals surface area contributed by atoms with Crippen LogP contribution in [0.3, 0.4) is 0 Å². The topological polar surface area (TPSA) is 137 Å². The summed E-state index contributed by atoms with van der Waals surface area (Å²) in [6.07, 6.45) is 2.23. The third-order valence-electron chi connectivity index (χ3n) is 4.99. The van der Waals surface area contributed by atoms with E-state index in [1.807, 2.05) is 0 Å². The summed E-state index contributed by atoms with van der Waals surface area (Å²) in [5.74, 6) is -0.959. The van der Waals surface area contributed by atoms with Crippen LogP contribution in [-0.4, -0.2) is 53.6 Å². The van der Waals surface area contributed by atoms with Gasteiger partial charge in [0.2, 0.25) is 11.6 Å². The molecule has 11 nitrogen and oxygen atoms in total. The van der Waals surface area contributed by atoms with Crippen LogP contribution in [0.1, 0.15) is 30.1 Å². The lowest BCUT2D eigenvalue weighted by atomic mass is 9.97. The van der Waals surface area contributed by atoms with Gasteiger partial charge in [0.1, 0.15) is 6.33 Å². The molecule has 0 unspecified atom stereocenters. The van der Waals surface area contributed by atoms with E-state index in [4.69, 9.17) is 9.47 Å². The van der Waals surface area contributed by atoms with Gasteiger partial charge >= 0.3 is 17.6 Å². The molecule has 1 N–H and O–H groups in total. The summed E-state index contributed by atoms with van der Waals surface area (Å²) in [6.45, 7) is 2.72. The molecule has 0 atom stereocenters. The molecule has 1 fully saturated rings. The molecule has 31 heavy (non-hydrogen) atoms. The van der Waals surface area contributed by atoms with Crippen molar-refractivity contribution in [3.63, 3.8) is 0 Å². The molecule has 1 aromatic carbocycles. The average Bonchev–Trinajstić information content (AvgIpc) is 2.79. The van der Waals surface area contributed by atoms with E-state index in [1.54, 1.807) is 36.1 Å². The van der Waals surface area contributed by atoms with Crippen LogP contribution in [-0.2, 0) is 14.3 Å². The largest absolute Gasteiger partial charge is 0.469 e. The number of aromatic nitrogens is 2. The van der Waals surface area contributed by atoms with Crippen LogP contribution < -0.4 is 10.2 Å². The molecule has 11 heteroatoms. The van der Waals surface area contributed by atoms with Gasteiger partial charge in [-0.3, -0.25) is 14.9 Å². The smallest absolute Gasteiger partial charge is 0.353 e. The van der Waals surface area contributed by atoms with Crippen LogP contribution in [0.4, 0.5) is 23.0 Å². The number of hydrogen-bond donors (Lipinski definition) is 1. The fourth-order valence-corrected chi connectivity index (χ4v) is 3.46. The third kappa shape index (κ3) is 4.87. The van der Waals surface area contributed by atoms with Crippen molar-refractivity contribution in [3.8, 4) is 0 Å². The Morgan fingerprint density at radius 3 is 2.61 bits per heavy atom. The number of nitrogens with one attached hydrogen (secondary N) is 1. The number of carbonyl (C=O) groups is 2. The molecule has 164 valence electrons. The predicted molar refractivity (Wildman–Crippen MR) is 111 cm³/mol. The lowest BCUT2D eigenvalue weighted by Crippen LogP contribution is -2.37. The number of rotatable bonds is 7. The van der Waals surface area contributed by atoms with Crippen molar-refractivity contribution in [2.75, 3.05) is 37.0 Å². The number of benzene rings is 1. The number of carbonyl (C=O) groups excluding carboxylic acids is 2. The summed E-state index contributed by atoms with van der Waals surface area (Å²) in [6, 6.07) is 6.53. The van der Waals surface area contributed by atoms with Crippen molar-refractivity contribution in [1.82, 2.24) is 9.97 Å². The van der Waals surface area contributed by atoms with Gasteiger partial charge in [-0.15, -0.1) is 0 Å². The van der Waals surface area contributed by atoms with Gasteiger partial charge in [-0.25, -0.2) is 14.8 Å². The average molecular weight is 429 g/mol. The molecule has 2 heterocycles. The molecule has 1 aromatic heterocycles. The van der Waals surface area contributed by atoms with Gasteiger partial charge in [0.15, 0.2) is 0 Å². The second-order valence-electron chi connectivity index (χ2n) is 6.83. The van der Waals surface area contributed by atoms with Crippen molar-refractivity contribution in [3.05, 3.63) is 46.3 Å². The normalized spacial score (nSPS) is 14.1. The van der Waals surface area contributed by atoms with Gasteiger partial charge in [0.05, 0.1) is 35.8 Å². The Kier molecular flexibility index (Phi) is 6.96. The van der Waals surface area contributed by atoms with E-state index in [1.165, 1.54) is 13.4 Å². The number of para-hydroxylation sites is 1. The fraction of sp³-hybridized carbons (Fsp3) is 0.400. The summed E-state index contributed by atoms with van der Waals surface area (Å²) in [4.78, 5) is 45.2. The van der Waals surface area contributed by atoms with E-state index >= 15 is 0 Å². The molecular formula is C20H23N5O6. The molecule has 0 aliphatic carbocycles. The number of nitrogens with zero attached hydrogens (tertiary/aromatic N) is 4. The first-order valence-electron chi connectivity index (χ1n) is 9.81. The Hall–Kier alpha value is -3.76. The van der Waals surface area contributed by atoms with Crippen LogP contribution in [0.5, 0.6) is 0 Å². The lowest BCUT2D eigenvalue weighted by molar-refractivity contribution is -0.383. The van der Waals surface area contributed by atoms with Gasteiger partial charge in [0, 0.05) is 13.1 Å². The Balaban J connectivity index is 1.90. The van der Waals surface area contributed by atoms with E-state index in [-0.39, 0.29) is 41.4 Å². The number of hydrogen-bond acceptors (Lipinski definition) is 10. The summed E-state index contributed by atoms with van der Waals surface area (Å²) in [5.41, 5.74) is 0.258. The zero-order chi connectivity index (χ0) is 22.4. The number of piperidine rings is 1. The minimum atomic E-state index is -0.558. The van der Waals surface area contributed by atoms with Crippen molar-refractivity contribution < 1.29 is 24.0 Å². The maximum absolute atomic E-state index is 12.2. The molecular weight excluding hydrogens is 406 g/mol. The van der Waals surface area contributed by atoms with Crippen molar-refractivity contribution in [2.24, 2.45) is 5.92 Å². The Labute approximate surface area is 178 Å². The highest BCUT2D eigenvalue weighted by Gasteiger charge is 2.32. The van der Waals surface area contributed by atoms with Crippen molar-refractivity contribution in [1.29, 1.82) is 0 Å². The van der Waals surface area contributed by atoms with Crippen molar-refractivity contribution in [2.45, 2.75) is 19.8 Å². The SMILES string of the molecule is CCOC(=O)c1ccccc1Nc1ncnc(N2CCC(C(=O)OC)CC2)c1[N+](=O)[O-]. The molecule has 0 amide bonds. The number of anilines is 3. The molecule has 3 rings (SSSR count). The Bertz CT molecular complexity index is 974. The molecule has 0 spiro atoms. The summed E-state index contributed by atoms with van der Waals surface area (Å²) < 4.78 is 9.84. The summed E-state index contributed by atoms with van der Waals surface area (Å²) in [5, 5.41) is 14.8. The monoisotopic (exact) mass is 429 g/mol. The van der Waals surface area contributed by atoms with Crippen LogP contribution in [0, 0.1) is 16.0 Å². The van der Waals surface area contributed by atoms with Crippen LogP contribution in [0.25, 0.3) is 0 Å². The van der Waals surface area contributed by atoms with E-state index in [0.717, 1.165) is 0 Å². The van der Waals surface area contributed by atoms with E-state index in [0.29, 0.717) is 31.6 Å². The number of ether oxygens (including phenoxy) is 2. The predicted octanol–water partition coefficient (Wildman–Crippen LogP) is 2.69.